The van der Waals surface area contributed by atoms with Crippen molar-refractivity contribution in [2.75, 3.05) is 20.6 Å². The number of amides is 1. The highest BCUT2D eigenvalue weighted by Crippen LogP contribution is 2.26. The molecule has 0 heterocycles. The second-order valence-corrected chi connectivity index (χ2v) is 6.36. The third-order valence-corrected chi connectivity index (χ3v) is 4.54. The summed E-state index contributed by atoms with van der Waals surface area (Å²) in [6.45, 7) is 2.49. The summed E-state index contributed by atoms with van der Waals surface area (Å²) in [5.74, 6) is -0.366. The molecule has 0 aliphatic rings. The fraction of sp³-hybridized carbons (Fsp3) is 0.316. The van der Waals surface area contributed by atoms with E-state index in [1.807, 2.05) is 43.1 Å². The van der Waals surface area contributed by atoms with Crippen molar-refractivity contribution in [2.45, 2.75) is 19.5 Å². The quantitative estimate of drug-likeness (QED) is 0.783. The Hall–Kier alpha value is -1.91. The van der Waals surface area contributed by atoms with Gasteiger partial charge in [-0.3, -0.25) is 9.69 Å². The highest BCUT2D eigenvalue weighted by Gasteiger charge is 2.19. The minimum absolute atomic E-state index is 0.00418. The number of hydrogen-bond donors (Lipinski definition) is 0. The molecule has 2 aromatic carbocycles. The largest absolute Gasteiger partial charge is 0.340 e. The molecular formula is C19H22ClFN2O. The molecule has 0 aromatic heterocycles. The van der Waals surface area contributed by atoms with Crippen LogP contribution in [-0.4, -0.2) is 36.3 Å². The zero-order chi connectivity index (χ0) is 17.7. The van der Waals surface area contributed by atoms with Crippen molar-refractivity contribution in [3.8, 4) is 0 Å². The van der Waals surface area contributed by atoms with Gasteiger partial charge in [-0.25, -0.2) is 4.39 Å². The molecule has 1 atom stereocenters. The van der Waals surface area contributed by atoms with Crippen molar-refractivity contribution < 1.29 is 9.18 Å². The molecule has 0 spiro atoms. The van der Waals surface area contributed by atoms with Gasteiger partial charge in [-0.2, -0.15) is 0 Å². The number of rotatable bonds is 6. The van der Waals surface area contributed by atoms with E-state index in [1.165, 1.54) is 11.0 Å². The molecule has 0 aliphatic carbocycles. The van der Waals surface area contributed by atoms with Crippen LogP contribution in [0.5, 0.6) is 0 Å². The molecule has 0 aliphatic heterocycles. The molecule has 1 unspecified atom stereocenters. The summed E-state index contributed by atoms with van der Waals surface area (Å²) in [5, 5.41) is 0.684. The van der Waals surface area contributed by atoms with Gasteiger partial charge in [-0.1, -0.05) is 48.0 Å². The maximum atomic E-state index is 13.7. The lowest BCUT2D eigenvalue weighted by molar-refractivity contribution is -0.131. The summed E-state index contributed by atoms with van der Waals surface area (Å²) in [5.41, 5.74) is 1.49. The lowest BCUT2D eigenvalue weighted by Crippen LogP contribution is -2.37. The Labute approximate surface area is 147 Å². The van der Waals surface area contributed by atoms with Crippen LogP contribution < -0.4 is 0 Å². The average Bonchev–Trinajstić information content (AvgIpc) is 2.56. The van der Waals surface area contributed by atoms with Crippen LogP contribution in [0.15, 0.2) is 48.5 Å². The molecule has 0 N–H and O–H groups in total. The molecule has 128 valence electrons. The number of carbonyl (C=O) groups is 1. The monoisotopic (exact) mass is 348 g/mol. The summed E-state index contributed by atoms with van der Waals surface area (Å²) in [7, 11) is 3.56. The lowest BCUT2D eigenvalue weighted by Gasteiger charge is -2.27. The first-order valence-corrected chi connectivity index (χ1v) is 8.20. The number of hydrogen-bond acceptors (Lipinski definition) is 2. The van der Waals surface area contributed by atoms with Crippen LogP contribution in [-0.2, 0) is 11.3 Å². The minimum Gasteiger partial charge on any atom is -0.340 e. The molecule has 0 fully saturated rings. The van der Waals surface area contributed by atoms with E-state index in [2.05, 4.69) is 0 Å². The van der Waals surface area contributed by atoms with E-state index in [-0.39, 0.29) is 30.9 Å². The SMILES string of the molecule is CC(c1ccccc1Cl)N(C)CC(=O)N(C)Cc1ccccc1F. The van der Waals surface area contributed by atoms with Crippen molar-refractivity contribution >= 4 is 17.5 Å². The molecule has 5 heteroatoms. The predicted molar refractivity (Wildman–Crippen MR) is 95.4 cm³/mol. The van der Waals surface area contributed by atoms with Gasteiger partial charge in [0.15, 0.2) is 0 Å². The van der Waals surface area contributed by atoms with Crippen LogP contribution in [0.2, 0.25) is 5.02 Å². The first-order chi connectivity index (χ1) is 11.4. The van der Waals surface area contributed by atoms with Crippen LogP contribution in [0.4, 0.5) is 4.39 Å². The Morgan fingerprint density at radius 2 is 1.75 bits per heavy atom. The van der Waals surface area contributed by atoms with Crippen molar-refractivity contribution in [1.29, 1.82) is 0 Å². The third kappa shape index (κ3) is 4.56. The van der Waals surface area contributed by atoms with E-state index in [0.29, 0.717) is 10.6 Å². The van der Waals surface area contributed by atoms with E-state index in [9.17, 15) is 9.18 Å². The Bertz CT molecular complexity index is 707. The van der Waals surface area contributed by atoms with E-state index >= 15 is 0 Å². The van der Waals surface area contributed by atoms with Gasteiger partial charge >= 0.3 is 0 Å². The van der Waals surface area contributed by atoms with Crippen LogP contribution in [0.25, 0.3) is 0 Å². The van der Waals surface area contributed by atoms with Crippen LogP contribution in [0.1, 0.15) is 24.1 Å². The summed E-state index contributed by atoms with van der Waals surface area (Å²) in [6, 6.07) is 14.1. The molecule has 2 rings (SSSR count). The smallest absolute Gasteiger partial charge is 0.236 e. The summed E-state index contributed by atoms with van der Waals surface area (Å²) in [4.78, 5) is 15.9. The second-order valence-electron chi connectivity index (χ2n) is 5.95. The van der Waals surface area contributed by atoms with Gasteiger partial charge in [0.2, 0.25) is 5.91 Å². The highest BCUT2D eigenvalue weighted by atomic mass is 35.5. The molecule has 1 amide bonds. The third-order valence-electron chi connectivity index (χ3n) is 4.19. The van der Waals surface area contributed by atoms with Crippen molar-refractivity contribution in [2.24, 2.45) is 0 Å². The van der Waals surface area contributed by atoms with E-state index in [0.717, 1.165) is 5.56 Å². The first-order valence-electron chi connectivity index (χ1n) is 7.82. The zero-order valence-corrected chi connectivity index (χ0v) is 14.9. The number of likely N-dealkylation sites (N-methyl/N-ethyl adjacent to an activating group) is 2. The van der Waals surface area contributed by atoms with E-state index in [4.69, 9.17) is 11.6 Å². The normalized spacial score (nSPS) is 12.2. The predicted octanol–water partition coefficient (Wildman–Crippen LogP) is 4.13. The van der Waals surface area contributed by atoms with Gasteiger partial charge in [-0.15, -0.1) is 0 Å². The summed E-state index contributed by atoms with van der Waals surface area (Å²) in [6.07, 6.45) is 0. The fourth-order valence-corrected chi connectivity index (χ4v) is 2.79. The first kappa shape index (κ1) is 18.4. The van der Waals surface area contributed by atoms with Gasteiger partial charge in [0.1, 0.15) is 5.82 Å². The Kier molecular flexibility index (Phi) is 6.35. The Balaban J connectivity index is 1.98. The average molecular weight is 349 g/mol. The summed E-state index contributed by atoms with van der Waals surface area (Å²) < 4.78 is 13.7. The number of benzene rings is 2. The second kappa shape index (κ2) is 8.27. The number of carbonyl (C=O) groups excluding carboxylic acids is 1. The van der Waals surface area contributed by atoms with Crippen molar-refractivity contribution in [1.82, 2.24) is 9.80 Å². The zero-order valence-electron chi connectivity index (χ0n) is 14.2. The standard InChI is InChI=1S/C19H22ClFN2O/c1-14(16-9-5-6-10-17(16)20)22(2)13-19(24)23(3)12-15-8-4-7-11-18(15)21/h4-11,14H,12-13H2,1-3H3. The van der Waals surface area contributed by atoms with Crippen molar-refractivity contribution in [3.63, 3.8) is 0 Å². The molecule has 0 bridgehead atoms. The number of nitrogens with zero attached hydrogens (tertiary/aromatic N) is 2. The lowest BCUT2D eigenvalue weighted by atomic mass is 10.1. The van der Waals surface area contributed by atoms with Gasteiger partial charge in [0.25, 0.3) is 0 Å². The number of halogens is 2. The minimum atomic E-state index is -0.296. The maximum Gasteiger partial charge on any atom is 0.236 e. The van der Waals surface area contributed by atoms with E-state index in [1.54, 1.807) is 25.2 Å². The molecule has 2 aromatic rings. The molecule has 3 nitrogen and oxygen atoms in total. The Morgan fingerprint density at radius 3 is 2.42 bits per heavy atom. The van der Waals surface area contributed by atoms with Gasteiger partial charge in [0.05, 0.1) is 6.54 Å². The molecule has 0 saturated carbocycles. The molecule has 0 radical (unpaired) electrons. The van der Waals surface area contributed by atoms with Crippen LogP contribution >= 0.6 is 11.6 Å². The van der Waals surface area contributed by atoms with Gasteiger partial charge in [-0.05, 0) is 31.7 Å². The summed E-state index contributed by atoms with van der Waals surface area (Å²) >= 11 is 6.22. The van der Waals surface area contributed by atoms with Crippen molar-refractivity contribution in [3.05, 3.63) is 70.5 Å². The molecule has 0 saturated heterocycles. The van der Waals surface area contributed by atoms with Gasteiger partial charge in [0, 0.05) is 30.2 Å². The van der Waals surface area contributed by atoms with Gasteiger partial charge < -0.3 is 4.90 Å². The Morgan fingerprint density at radius 1 is 1.12 bits per heavy atom. The fourth-order valence-electron chi connectivity index (χ4n) is 2.49. The van der Waals surface area contributed by atoms with Crippen LogP contribution in [0.3, 0.4) is 0 Å². The highest BCUT2D eigenvalue weighted by molar-refractivity contribution is 6.31. The van der Waals surface area contributed by atoms with E-state index < -0.39 is 0 Å². The molecular weight excluding hydrogens is 327 g/mol. The topological polar surface area (TPSA) is 23.6 Å². The molecule has 24 heavy (non-hydrogen) atoms. The maximum absolute atomic E-state index is 13.7. The van der Waals surface area contributed by atoms with Crippen LogP contribution in [0, 0.1) is 5.82 Å².